The van der Waals surface area contributed by atoms with Gasteiger partial charge < -0.3 is 29.7 Å². The minimum atomic E-state index is -3.13. The van der Waals surface area contributed by atoms with Crippen LogP contribution in [0.4, 0.5) is 31.9 Å². The predicted molar refractivity (Wildman–Crippen MR) is 234 cm³/mol. The highest BCUT2D eigenvalue weighted by atomic mass is 35.5. The fourth-order valence-electron chi connectivity index (χ4n) is 10.4. The van der Waals surface area contributed by atoms with Gasteiger partial charge in [0.1, 0.15) is 5.02 Å². The number of nitrogens with zero attached hydrogens (tertiary/aromatic N) is 7. The number of likely N-dealkylation sites (tertiary alicyclic amines) is 1. The zero-order valence-corrected chi connectivity index (χ0v) is 35.9. The maximum absolute atomic E-state index is 15.2. The number of pyridine rings is 1. The van der Waals surface area contributed by atoms with Crippen molar-refractivity contribution in [3.8, 4) is 5.75 Å². The van der Waals surface area contributed by atoms with E-state index in [9.17, 15) is 14.4 Å². The van der Waals surface area contributed by atoms with E-state index in [0.29, 0.717) is 76.8 Å². The number of hydrogen-bond acceptors (Lipinski definition) is 11. The van der Waals surface area contributed by atoms with Crippen molar-refractivity contribution in [1.82, 2.24) is 34.5 Å². The van der Waals surface area contributed by atoms with E-state index >= 15 is 8.78 Å². The van der Waals surface area contributed by atoms with Gasteiger partial charge in [-0.3, -0.25) is 24.4 Å². The van der Waals surface area contributed by atoms with Crippen LogP contribution in [0.1, 0.15) is 75.0 Å². The van der Waals surface area contributed by atoms with E-state index in [-0.39, 0.29) is 29.2 Å². The van der Waals surface area contributed by atoms with Crippen molar-refractivity contribution >= 4 is 68.4 Å². The number of carbonyl (C=O) groups is 2. The number of halogens is 3. The highest BCUT2D eigenvalue weighted by Crippen LogP contribution is 2.46. The number of nitrogens with one attached hydrogen (secondary N) is 3. The molecular weight excluding hydrogens is 818 g/mol. The normalized spacial score (nSPS) is 24.6. The molecule has 2 unspecified atom stereocenters. The van der Waals surface area contributed by atoms with Crippen molar-refractivity contribution in [1.29, 1.82) is 0 Å². The summed E-state index contributed by atoms with van der Waals surface area (Å²) in [6, 6.07) is 10.6. The maximum atomic E-state index is 15.2. The first kappa shape index (κ1) is 40.7. The van der Waals surface area contributed by atoms with Gasteiger partial charge in [-0.15, -0.1) is 0 Å². The second-order valence-corrected chi connectivity index (χ2v) is 18.5. The second-order valence-electron chi connectivity index (χ2n) is 18.1. The van der Waals surface area contributed by atoms with Crippen molar-refractivity contribution < 1.29 is 23.1 Å². The topological polar surface area (TPSA) is 152 Å². The fraction of sp³-hybridized carbons (Fsp3) is 0.511. The van der Waals surface area contributed by atoms with Crippen LogP contribution in [0, 0.1) is 17.8 Å². The Labute approximate surface area is 362 Å². The molecule has 4 fully saturated rings. The van der Waals surface area contributed by atoms with Crippen molar-refractivity contribution in [3.05, 3.63) is 69.2 Å². The van der Waals surface area contributed by atoms with Crippen LogP contribution in [0.2, 0.25) is 5.02 Å². The first-order chi connectivity index (χ1) is 29.8. The van der Waals surface area contributed by atoms with Crippen LogP contribution in [-0.4, -0.2) is 92.3 Å². The first-order valence-corrected chi connectivity index (χ1v) is 22.2. The van der Waals surface area contributed by atoms with Gasteiger partial charge in [0.05, 0.1) is 40.6 Å². The number of benzene rings is 2. The van der Waals surface area contributed by atoms with Gasteiger partial charge in [0, 0.05) is 56.6 Å². The number of imide groups is 1. The molecule has 4 atom stereocenters. The Kier molecular flexibility index (Phi) is 10.4. The summed E-state index contributed by atoms with van der Waals surface area (Å²) in [4.78, 5) is 52.1. The van der Waals surface area contributed by atoms with Gasteiger partial charge in [0.25, 0.3) is 5.56 Å². The SMILES string of the molecule is C[C@@H]1CN(c2ncc(Cl)c(Nc3ccc4c(c3)c3c(c(=O)n4C)OCC(F)(F)C(C4CC4)N3)n2)CC[C@H]1CN1CCC(c2cccc3c(C4CCC(=O)NC4=O)nn(C)c23)CC1. The van der Waals surface area contributed by atoms with Crippen LogP contribution in [-0.2, 0) is 23.7 Å². The standard InChI is InChI=1S/C45H51ClF2N10O4/c1-24-21-58(18-15-27(24)22-57-16-13-25(14-17-57)29-5-4-6-30-36(54-56(3)38(29)30)31-10-12-35(59)51-42(31)60)44-49-20-33(46)41(53-44)50-28-9-11-34-32(19-28)37-39(43(61)55(34)2)62-23-45(47,48)40(52-37)26-7-8-26/h4-6,9,11,19-20,24-27,31,40,52H,7-8,10,12-18,21-23H2,1-3H3,(H,49,50,53)(H,51,59,60)/t24-,27+,31?,40?/m1/s1. The minimum absolute atomic E-state index is 0.105. The fourth-order valence-corrected chi connectivity index (χ4v) is 10.5. The summed E-state index contributed by atoms with van der Waals surface area (Å²) in [6.45, 7) is 6.09. The second kappa shape index (κ2) is 15.8. The Hall–Kier alpha value is -5.35. The van der Waals surface area contributed by atoms with Crippen LogP contribution in [0.15, 0.2) is 47.4 Å². The lowest BCUT2D eigenvalue weighted by atomic mass is 9.84. The van der Waals surface area contributed by atoms with Crippen LogP contribution in [0.5, 0.6) is 5.75 Å². The molecule has 2 amide bonds. The number of fused-ring (bicyclic) bond motifs is 4. The summed E-state index contributed by atoms with van der Waals surface area (Å²) in [5.74, 6) is -2.02. The average molecular weight is 869 g/mol. The number of anilines is 4. The Morgan fingerprint density at radius 3 is 2.56 bits per heavy atom. The van der Waals surface area contributed by atoms with Crippen LogP contribution < -0.4 is 31.1 Å². The third kappa shape index (κ3) is 7.41. The zero-order chi connectivity index (χ0) is 43.0. The molecule has 5 aromatic rings. The third-order valence-corrected chi connectivity index (χ3v) is 14.3. The smallest absolute Gasteiger partial charge is 0.301 e. The molecule has 4 aliphatic heterocycles. The van der Waals surface area contributed by atoms with E-state index in [1.54, 1.807) is 19.3 Å². The number of alkyl halides is 2. The minimum Gasteiger partial charge on any atom is -0.480 e. The number of rotatable bonds is 8. The lowest BCUT2D eigenvalue weighted by Gasteiger charge is -2.41. The van der Waals surface area contributed by atoms with Gasteiger partial charge in [-0.1, -0.05) is 36.7 Å². The number of ether oxygens (including phenoxy) is 1. The van der Waals surface area contributed by atoms with Crippen LogP contribution in [0.3, 0.4) is 0 Å². The molecule has 7 heterocycles. The molecule has 2 aromatic carbocycles. The molecule has 3 saturated heterocycles. The molecule has 10 rings (SSSR count). The molecule has 1 aliphatic carbocycles. The Bertz CT molecular complexity index is 2660. The van der Waals surface area contributed by atoms with E-state index in [2.05, 4.69) is 55.9 Å². The summed E-state index contributed by atoms with van der Waals surface area (Å²) in [5.41, 5.74) is 4.12. The number of carbonyl (C=O) groups excluding carboxylic acids is 2. The molecule has 17 heteroatoms. The average Bonchev–Trinajstić information content (AvgIpc) is 4.06. The maximum Gasteiger partial charge on any atom is 0.301 e. The summed E-state index contributed by atoms with van der Waals surface area (Å²) < 4.78 is 39.2. The van der Waals surface area contributed by atoms with E-state index in [1.807, 2.05) is 23.9 Å². The molecule has 0 spiro atoms. The molecule has 0 radical (unpaired) electrons. The van der Waals surface area contributed by atoms with Gasteiger partial charge in [-0.05, 0) is 99.0 Å². The molecule has 326 valence electrons. The van der Waals surface area contributed by atoms with Gasteiger partial charge in [0.15, 0.2) is 12.4 Å². The number of para-hydroxylation sites is 1. The summed E-state index contributed by atoms with van der Waals surface area (Å²) in [5, 5.41) is 15.6. The van der Waals surface area contributed by atoms with Gasteiger partial charge in [-0.25, -0.2) is 13.8 Å². The summed E-state index contributed by atoms with van der Waals surface area (Å²) in [6.07, 6.45) is 6.89. The third-order valence-electron chi connectivity index (χ3n) is 14.0. The Balaban J connectivity index is 0.791. The number of piperidine rings is 3. The Morgan fingerprint density at radius 1 is 1.00 bits per heavy atom. The van der Waals surface area contributed by atoms with Crippen molar-refractivity contribution in [2.75, 3.05) is 54.9 Å². The van der Waals surface area contributed by atoms with Crippen molar-refractivity contribution in [2.45, 2.75) is 75.7 Å². The summed E-state index contributed by atoms with van der Waals surface area (Å²) >= 11 is 6.67. The van der Waals surface area contributed by atoms with E-state index < -0.39 is 30.0 Å². The van der Waals surface area contributed by atoms with E-state index in [0.717, 1.165) is 68.6 Å². The molecule has 5 aliphatic rings. The van der Waals surface area contributed by atoms with Gasteiger partial charge in [-0.2, -0.15) is 10.1 Å². The van der Waals surface area contributed by atoms with Crippen LogP contribution >= 0.6 is 11.6 Å². The molecule has 3 aromatic heterocycles. The Morgan fingerprint density at radius 2 is 1.81 bits per heavy atom. The van der Waals surface area contributed by atoms with E-state index in [1.165, 1.54) is 10.1 Å². The number of aryl methyl sites for hydroxylation is 2. The lowest BCUT2D eigenvalue weighted by molar-refractivity contribution is -0.134. The zero-order valence-electron chi connectivity index (χ0n) is 35.1. The van der Waals surface area contributed by atoms with E-state index in [4.69, 9.17) is 26.4 Å². The molecular formula is C45H51ClF2N10O4. The first-order valence-electron chi connectivity index (χ1n) is 21.8. The molecule has 3 N–H and O–H groups in total. The highest BCUT2D eigenvalue weighted by Gasteiger charge is 2.51. The largest absolute Gasteiger partial charge is 0.480 e. The monoisotopic (exact) mass is 868 g/mol. The molecule has 0 bridgehead atoms. The molecule has 14 nitrogen and oxygen atoms in total. The van der Waals surface area contributed by atoms with Crippen molar-refractivity contribution in [3.63, 3.8) is 0 Å². The van der Waals surface area contributed by atoms with Gasteiger partial charge >= 0.3 is 5.92 Å². The summed E-state index contributed by atoms with van der Waals surface area (Å²) in [7, 11) is 3.56. The molecule has 62 heavy (non-hydrogen) atoms. The van der Waals surface area contributed by atoms with Gasteiger partial charge in [0.2, 0.25) is 23.5 Å². The van der Waals surface area contributed by atoms with Crippen molar-refractivity contribution in [2.24, 2.45) is 31.8 Å². The number of hydrogen-bond donors (Lipinski definition) is 3. The predicted octanol–water partition coefficient (Wildman–Crippen LogP) is 6.69. The lowest BCUT2D eigenvalue weighted by Crippen LogP contribution is -2.45. The molecule has 1 saturated carbocycles. The number of amides is 2. The highest BCUT2D eigenvalue weighted by molar-refractivity contribution is 6.33. The quantitative estimate of drug-likeness (QED) is 0.143. The van der Waals surface area contributed by atoms with Crippen LogP contribution in [0.25, 0.3) is 21.8 Å². The number of aromatic nitrogens is 5.